The van der Waals surface area contributed by atoms with E-state index in [-0.39, 0.29) is 18.0 Å². The van der Waals surface area contributed by atoms with Crippen LogP contribution >= 0.6 is 0 Å². The maximum Gasteiger partial charge on any atom is 0.287 e. The normalized spacial score (nSPS) is 14.4. The molecule has 0 aliphatic heterocycles. The Labute approximate surface area is 106 Å². The van der Waals surface area contributed by atoms with Crippen LogP contribution in [0, 0.1) is 0 Å². The zero-order valence-electron chi connectivity index (χ0n) is 10.6. The molecule has 1 aromatic carbocycles. The molecule has 0 aliphatic carbocycles. The summed E-state index contributed by atoms with van der Waals surface area (Å²) in [5, 5.41) is 3.81. The number of para-hydroxylation sites is 1. The second-order valence-corrected chi connectivity index (χ2v) is 4.74. The fourth-order valence-electron chi connectivity index (χ4n) is 2.01. The largest absolute Gasteiger partial charge is 0.451 e. The molecular formula is C14H18N2O2. The van der Waals surface area contributed by atoms with E-state index >= 15 is 0 Å². The monoisotopic (exact) mass is 246 g/mol. The molecule has 0 saturated carbocycles. The van der Waals surface area contributed by atoms with Gasteiger partial charge < -0.3 is 15.5 Å². The average Bonchev–Trinajstić information content (AvgIpc) is 2.71. The Morgan fingerprint density at radius 3 is 2.78 bits per heavy atom. The van der Waals surface area contributed by atoms with Gasteiger partial charge in [0.25, 0.3) is 5.91 Å². The molecule has 1 amide bonds. The van der Waals surface area contributed by atoms with Gasteiger partial charge in [0.1, 0.15) is 5.58 Å². The van der Waals surface area contributed by atoms with Crippen LogP contribution in [0.1, 0.15) is 30.8 Å². The molecule has 2 aromatic rings. The second kappa shape index (κ2) is 5.23. The first-order valence-corrected chi connectivity index (χ1v) is 6.11. The number of nitrogens with one attached hydrogen (secondary N) is 1. The Balaban J connectivity index is 2.09. The number of carbonyl (C=O) groups is 1. The van der Waals surface area contributed by atoms with E-state index in [1.807, 2.05) is 38.1 Å². The number of carbonyl (C=O) groups excluding carboxylic acids is 1. The van der Waals surface area contributed by atoms with E-state index in [9.17, 15) is 4.79 Å². The molecule has 3 N–H and O–H groups in total. The first-order valence-electron chi connectivity index (χ1n) is 6.11. The van der Waals surface area contributed by atoms with Crippen LogP contribution in [0.15, 0.2) is 34.7 Å². The van der Waals surface area contributed by atoms with Gasteiger partial charge in [0.2, 0.25) is 0 Å². The predicted molar refractivity (Wildman–Crippen MR) is 71.4 cm³/mol. The molecule has 0 bridgehead atoms. The van der Waals surface area contributed by atoms with E-state index in [1.54, 1.807) is 6.07 Å². The first kappa shape index (κ1) is 12.6. The third-order valence-electron chi connectivity index (χ3n) is 2.75. The van der Waals surface area contributed by atoms with Gasteiger partial charge in [-0.1, -0.05) is 18.2 Å². The minimum absolute atomic E-state index is 0.0331. The van der Waals surface area contributed by atoms with Crippen molar-refractivity contribution in [3.05, 3.63) is 36.1 Å². The summed E-state index contributed by atoms with van der Waals surface area (Å²) in [7, 11) is 0. The van der Waals surface area contributed by atoms with Crippen molar-refractivity contribution in [3.63, 3.8) is 0 Å². The Hall–Kier alpha value is -1.81. The zero-order chi connectivity index (χ0) is 13.1. The van der Waals surface area contributed by atoms with Gasteiger partial charge >= 0.3 is 0 Å². The summed E-state index contributed by atoms with van der Waals surface area (Å²) >= 11 is 0. The van der Waals surface area contributed by atoms with Crippen LogP contribution in [-0.4, -0.2) is 18.0 Å². The lowest BCUT2D eigenvalue weighted by Crippen LogP contribution is -2.36. The quantitative estimate of drug-likeness (QED) is 0.869. The van der Waals surface area contributed by atoms with Crippen molar-refractivity contribution in [2.24, 2.45) is 5.73 Å². The number of nitrogens with two attached hydrogens (primary N) is 1. The van der Waals surface area contributed by atoms with Gasteiger partial charge in [0.15, 0.2) is 5.76 Å². The fourth-order valence-corrected chi connectivity index (χ4v) is 2.01. The molecule has 2 rings (SSSR count). The molecule has 1 heterocycles. The van der Waals surface area contributed by atoms with Crippen LogP contribution in [0.3, 0.4) is 0 Å². The summed E-state index contributed by atoms with van der Waals surface area (Å²) in [6.45, 7) is 3.85. The van der Waals surface area contributed by atoms with E-state index < -0.39 is 0 Å². The lowest BCUT2D eigenvalue weighted by Gasteiger charge is -2.14. The molecule has 0 aliphatic rings. The number of hydrogen-bond donors (Lipinski definition) is 2. The molecule has 0 radical (unpaired) electrons. The molecule has 96 valence electrons. The van der Waals surface area contributed by atoms with Gasteiger partial charge in [0, 0.05) is 17.5 Å². The van der Waals surface area contributed by atoms with E-state index in [0.717, 1.165) is 17.4 Å². The Morgan fingerprint density at radius 1 is 1.39 bits per heavy atom. The number of benzene rings is 1. The Kier molecular flexibility index (Phi) is 3.67. The molecule has 4 heteroatoms. The van der Waals surface area contributed by atoms with Crippen LogP contribution in [0.25, 0.3) is 11.0 Å². The first-order chi connectivity index (χ1) is 8.56. The molecule has 0 spiro atoms. The molecule has 2 unspecified atom stereocenters. The van der Waals surface area contributed by atoms with E-state index in [2.05, 4.69) is 5.32 Å². The Bertz CT molecular complexity index is 512. The van der Waals surface area contributed by atoms with Crippen molar-refractivity contribution in [3.8, 4) is 0 Å². The van der Waals surface area contributed by atoms with Gasteiger partial charge in [-0.15, -0.1) is 0 Å². The summed E-state index contributed by atoms with van der Waals surface area (Å²) in [6.07, 6.45) is 0.742. The standard InChI is InChI=1S/C14H18N2O2/c1-9(15)7-10(2)16-14(17)13-8-11-5-3-4-6-12(11)18-13/h3-6,8-10H,7,15H2,1-2H3,(H,16,17). The third-order valence-corrected chi connectivity index (χ3v) is 2.75. The van der Waals surface area contributed by atoms with Gasteiger partial charge in [-0.25, -0.2) is 0 Å². The van der Waals surface area contributed by atoms with E-state index in [4.69, 9.17) is 10.2 Å². The van der Waals surface area contributed by atoms with Crippen molar-refractivity contribution >= 4 is 16.9 Å². The molecule has 2 atom stereocenters. The van der Waals surface area contributed by atoms with Crippen LogP contribution in [0.5, 0.6) is 0 Å². The average molecular weight is 246 g/mol. The van der Waals surface area contributed by atoms with Crippen LogP contribution in [-0.2, 0) is 0 Å². The molecular weight excluding hydrogens is 228 g/mol. The lowest BCUT2D eigenvalue weighted by molar-refractivity contribution is 0.0911. The van der Waals surface area contributed by atoms with Gasteiger partial charge in [-0.05, 0) is 32.4 Å². The highest BCUT2D eigenvalue weighted by molar-refractivity contribution is 5.96. The minimum atomic E-state index is -0.195. The zero-order valence-corrected chi connectivity index (χ0v) is 10.6. The topological polar surface area (TPSA) is 68.3 Å². The molecule has 1 aromatic heterocycles. The number of fused-ring (bicyclic) bond motifs is 1. The SMILES string of the molecule is CC(N)CC(C)NC(=O)c1cc2ccccc2o1. The predicted octanol–water partition coefficient (Wildman–Crippen LogP) is 2.29. The second-order valence-electron chi connectivity index (χ2n) is 4.74. The van der Waals surface area contributed by atoms with Crippen LogP contribution < -0.4 is 11.1 Å². The van der Waals surface area contributed by atoms with Crippen molar-refractivity contribution in [1.29, 1.82) is 0 Å². The highest BCUT2D eigenvalue weighted by Crippen LogP contribution is 2.18. The van der Waals surface area contributed by atoms with Gasteiger partial charge in [-0.3, -0.25) is 4.79 Å². The van der Waals surface area contributed by atoms with Crippen molar-refractivity contribution in [1.82, 2.24) is 5.32 Å². The number of rotatable bonds is 4. The molecule has 18 heavy (non-hydrogen) atoms. The van der Waals surface area contributed by atoms with Crippen LogP contribution in [0.4, 0.5) is 0 Å². The highest BCUT2D eigenvalue weighted by Gasteiger charge is 2.15. The summed E-state index contributed by atoms with van der Waals surface area (Å²) in [5.74, 6) is 0.145. The Morgan fingerprint density at radius 2 is 2.11 bits per heavy atom. The molecule has 4 nitrogen and oxygen atoms in total. The van der Waals surface area contributed by atoms with Crippen LogP contribution in [0.2, 0.25) is 0 Å². The number of hydrogen-bond acceptors (Lipinski definition) is 3. The van der Waals surface area contributed by atoms with Crippen molar-refractivity contribution < 1.29 is 9.21 Å². The summed E-state index contributed by atoms with van der Waals surface area (Å²) in [5.41, 5.74) is 6.42. The minimum Gasteiger partial charge on any atom is -0.451 e. The van der Waals surface area contributed by atoms with E-state index in [1.165, 1.54) is 0 Å². The van der Waals surface area contributed by atoms with Gasteiger partial charge in [-0.2, -0.15) is 0 Å². The maximum atomic E-state index is 12.0. The fraction of sp³-hybridized carbons (Fsp3) is 0.357. The highest BCUT2D eigenvalue weighted by atomic mass is 16.3. The number of furan rings is 1. The summed E-state index contributed by atoms with van der Waals surface area (Å²) in [6, 6.07) is 9.41. The summed E-state index contributed by atoms with van der Waals surface area (Å²) in [4.78, 5) is 12.0. The van der Waals surface area contributed by atoms with E-state index in [0.29, 0.717) is 5.76 Å². The number of amides is 1. The van der Waals surface area contributed by atoms with Crippen molar-refractivity contribution in [2.75, 3.05) is 0 Å². The summed E-state index contributed by atoms with van der Waals surface area (Å²) < 4.78 is 5.49. The molecule has 0 fully saturated rings. The lowest BCUT2D eigenvalue weighted by atomic mass is 10.1. The molecule has 0 saturated heterocycles. The third kappa shape index (κ3) is 2.90. The smallest absolute Gasteiger partial charge is 0.287 e. The maximum absolute atomic E-state index is 12.0. The van der Waals surface area contributed by atoms with Crippen molar-refractivity contribution in [2.45, 2.75) is 32.4 Å². The van der Waals surface area contributed by atoms with Gasteiger partial charge in [0.05, 0.1) is 0 Å².